The molecular formula is C12H17N3S. The Labute approximate surface area is 100 Å². The zero-order valence-electron chi connectivity index (χ0n) is 9.95. The molecule has 1 N–H and O–H groups in total. The number of hydrogen-bond acceptors (Lipinski definition) is 3. The third-order valence-electron chi connectivity index (χ3n) is 2.98. The SMILES string of the molecule is Cc1cc(CNCc2cncs2)c(C)n1C. The quantitative estimate of drug-likeness (QED) is 0.882. The fraction of sp³-hybridized carbons (Fsp3) is 0.417. The molecule has 2 aromatic heterocycles. The minimum Gasteiger partial charge on any atom is -0.352 e. The summed E-state index contributed by atoms with van der Waals surface area (Å²) in [6.45, 7) is 6.12. The van der Waals surface area contributed by atoms with Gasteiger partial charge in [-0.1, -0.05) is 0 Å². The van der Waals surface area contributed by atoms with Gasteiger partial charge in [-0.15, -0.1) is 11.3 Å². The van der Waals surface area contributed by atoms with E-state index in [0.29, 0.717) is 0 Å². The number of nitrogens with zero attached hydrogens (tertiary/aromatic N) is 2. The van der Waals surface area contributed by atoms with Gasteiger partial charge in [0, 0.05) is 42.6 Å². The lowest BCUT2D eigenvalue weighted by Crippen LogP contribution is -2.12. The number of hydrogen-bond donors (Lipinski definition) is 1. The fourth-order valence-corrected chi connectivity index (χ4v) is 2.33. The molecule has 0 amide bonds. The van der Waals surface area contributed by atoms with Crippen LogP contribution < -0.4 is 5.32 Å². The minimum absolute atomic E-state index is 0.901. The Bertz CT molecular complexity index is 457. The Morgan fingerprint density at radius 3 is 2.75 bits per heavy atom. The van der Waals surface area contributed by atoms with Crippen LogP contribution in [0, 0.1) is 13.8 Å². The molecule has 86 valence electrons. The van der Waals surface area contributed by atoms with Crippen LogP contribution in [-0.2, 0) is 20.1 Å². The van der Waals surface area contributed by atoms with Crippen molar-refractivity contribution in [2.45, 2.75) is 26.9 Å². The fourth-order valence-electron chi connectivity index (χ4n) is 1.76. The van der Waals surface area contributed by atoms with Gasteiger partial charge in [-0.05, 0) is 25.5 Å². The van der Waals surface area contributed by atoms with Crippen LogP contribution in [0.2, 0.25) is 0 Å². The summed E-state index contributed by atoms with van der Waals surface area (Å²) in [5.41, 5.74) is 5.90. The number of thiazole rings is 1. The highest BCUT2D eigenvalue weighted by Crippen LogP contribution is 2.13. The second-order valence-electron chi connectivity index (χ2n) is 4.03. The third kappa shape index (κ3) is 2.33. The standard InChI is InChI=1S/C12H17N3S/c1-9-4-11(10(2)15(9)3)5-13-6-12-7-14-8-16-12/h4,7-8,13H,5-6H2,1-3H3. The number of nitrogens with one attached hydrogen (secondary N) is 1. The third-order valence-corrected chi connectivity index (χ3v) is 3.76. The van der Waals surface area contributed by atoms with Gasteiger partial charge in [0.25, 0.3) is 0 Å². The first-order valence-electron chi connectivity index (χ1n) is 5.38. The van der Waals surface area contributed by atoms with Crippen molar-refractivity contribution in [3.05, 3.63) is 39.6 Å². The van der Waals surface area contributed by atoms with Crippen molar-refractivity contribution in [1.82, 2.24) is 14.9 Å². The van der Waals surface area contributed by atoms with E-state index in [1.165, 1.54) is 21.8 Å². The van der Waals surface area contributed by atoms with Crippen LogP contribution in [-0.4, -0.2) is 9.55 Å². The molecule has 3 nitrogen and oxygen atoms in total. The summed E-state index contributed by atoms with van der Waals surface area (Å²) >= 11 is 1.69. The Morgan fingerprint density at radius 1 is 1.38 bits per heavy atom. The molecule has 0 bridgehead atoms. The molecule has 0 aromatic carbocycles. The van der Waals surface area contributed by atoms with E-state index in [4.69, 9.17) is 0 Å². The highest BCUT2D eigenvalue weighted by molar-refractivity contribution is 7.09. The first kappa shape index (κ1) is 11.4. The van der Waals surface area contributed by atoms with Gasteiger partial charge in [0.1, 0.15) is 0 Å². The van der Waals surface area contributed by atoms with Gasteiger partial charge in [-0.25, -0.2) is 0 Å². The van der Waals surface area contributed by atoms with Crippen LogP contribution in [0.1, 0.15) is 21.8 Å². The predicted molar refractivity (Wildman–Crippen MR) is 67.5 cm³/mol. The molecule has 0 saturated heterocycles. The lowest BCUT2D eigenvalue weighted by atomic mass is 10.2. The summed E-state index contributed by atoms with van der Waals surface area (Å²) in [6, 6.07) is 2.25. The molecule has 2 aromatic rings. The average molecular weight is 235 g/mol. The van der Waals surface area contributed by atoms with E-state index < -0.39 is 0 Å². The van der Waals surface area contributed by atoms with Crippen LogP contribution >= 0.6 is 11.3 Å². The topological polar surface area (TPSA) is 29.9 Å². The van der Waals surface area contributed by atoms with Crippen LogP contribution in [0.25, 0.3) is 0 Å². The molecule has 0 unspecified atom stereocenters. The van der Waals surface area contributed by atoms with Crippen molar-refractivity contribution in [1.29, 1.82) is 0 Å². The number of rotatable bonds is 4. The molecule has 2 rings (SSSR count). The zero-order chi connectivity index (χ0) is 11.5. The van der Waals surface area contributed by atoms with Gasteiger partial charge < -0.3 is 9.88 Å². The molecule has 16 heavy (non-hydrogen) atoms. The first-order chi connectivity index (χ1) is 7.68. The maximum absolute atomic E-state index is 4.06. The van der Waals surface area contributed by atoms with Crippen LogP contribution in [0.3, 0.4) is 0 Å². The lowest BCUT2D eigenvalue weighted by molar-refractivity contribution is 0.693. The van der Waals surface area contributed by atoms with Crippen molar-refractivity contribution in [2.75, 3.05) is 0 Å². The molecule has 2 heterocycles. The normalized spacial score (nSPS) is 10.9. The number of aromatic nitrogens is 2. The molecule has 4 heteroatoms. The highest BCUT2D eigenvalue weighted by Gasteiger charge is 2.05. The summed E-state index contributed by atoms with van der Waals surface area (Å²) in [5, 5.41) is 3.44. The molecular weight excluding hydrogens is 218 g/mol. The molecule has 0 aliphatic carbocycles. The number of aryl methyl sites for hydroxylation is 1. The van der Waals surface area contributed by atoms with Gasteiger partial charge in [0.15, 0.2) is 0 Å². The minimum atomic E-state index is 0.901. The summed E-state index contributed by atoms with van der Waals surface area (Å²) in [6.07, 6.45) is 1.92. The van der Waals surface area contributed by atoms with Gasteiger partial charge in [0.2, 0.25) is 0 Å². The lowest BCUT2D eigenvalue weighted by Gasteiger charge is -2.03. The summed E-state index contributed by atoms with van der Waals surface area (Å²) in [4.78, 5) is 5.34. The summed E-state index contributed by atoms with van der Waals surface area (Å²) in [5.74, 6) is 0. The Morgan fingerprint density at radius 2 is 2.19 bits per heavy atom. The van der Waals surface area contributed by atoms with E-state index in [2.05, 4.69) is 41.8 Å². The zero-order valence-corrected chi connectivity index (χ0v) is 10.8. The molecule has 0 spiro atoms. The first-order valence-corrected chi connectivity index (χ1v) is 6.26. The van der Waals surface area contributed by atoms with Gasteiger partial charge in [0.05, 0.1) is 5.51 Å². The van der Waals surface area contributed by atoms with Crippen molar-refractivity contribution in [3.63, 3.8) is 0 Å². The van der Waals surface area contributed by atoms with E-state index >= 15 is 0 Å². The van der Waals surface area contributed by atoms with Crippen LogP contribution in [0.15, 0.2) is 17.8 Å². The van der Waals surface area contributed by atoms with Crippen LogP contribution in [0.4, 0.5) is 0 Å². The Kier molecular flexibility index (Phi) is 3.41. The van der Waals surface area contributed by atoms with Crippen molar-refractivity contribution >= 4 is 11.3 Å². The van der Waals surface area contributed by atoms with E-state index in [9.17, 15) is 0 Å². The largest absolute Gasteiger partial charge is 0.352 e. The average Bonchev–Trinajstić information content (AvgIpc) is 2.85. The van der Waals surface area contributed by atoms with Gasteiger partial charge in [-0.3, -0.25) is 4.98 Å². The molecule has 0 atom stereocenters. The second-order valence-corrected chi connectivity index (χ2v) is 5.00. The van der Waals surface area contributed by atoms with Crippen molar-refractivity contribution < 1.29 is 0 Å². The summed E-state index contributed by atoms with van der Waals surface area (Å²) < 4.78 is 2.23. The maximum Gasteiger partial charge on any atom is 0.0794 e. The van der Waals surface area contributed by atoms with E-state index in [0.717, 1.165) is 13.1 Å². The van der Waals surface area contributed by atoms with Gasteiger partial charge in [-0.2, -0.15) is 0 Å². The summed E-state index contributed by atoms with van der Waals surface area (Å²) in [7, 11) is 2.11. The van der Waals surface area contributed by atoms with Crippen molar-refractivity contribution in [2.24, 2.45) is 7.05 Å². The monoisotopic (exact) mass is 235 g/mol. The van der Waals surface area contributed by atoms with E-state index in [1.54, 1.807) is 11.3 Å². The molecule has 0 fully saturated rings. The van der Waals surface area contributed by atoms with Crippen LogP contribution in [0.5, 0.6) is 0 Å². The predicted octanol–water partition coefficient (Wildman–Crippen LogP) is 2.39. The maximum atomic E-state index is 4.06. The Balaban J connectivity index is 1.92. The van der Waals surface area contributed by atoms with Gasteiger partial charge >= 0.3 is 0 Å². The Hall–Kier alpha value is -1.13. The molecule has 0 aliphatic rings. The second kappa shape index (κ2) is 4.80. The van der Waals surface area contributed by atoms with E-state index in [1.807, 2.05) is 11.7 Å². The van der Waals surface area contributed by atoms with E-state index in [-0.39, 0.29) is 0 Å². The molecule has 0 aliphatic heterocycles. The van der Waals surface area contributed by atoms with Crippen molar-refractivity contribution in [3.8, 4) is 0 Å². The highest BCUT2D eigenvalue weighted by atomic mass is 32.1. The molecule has 0 saturated carbocycles. The smallest absolute Gasteiger partial charge is 0.0794 e. The molecule has 0 radical (unpaired) electrons.